The van der Waals surface area contributed by atoms with Gasteiger partial charge in [-0.3, -0.25) is 0 Å². The number of hydrogen-bond acceptors (Lipinski definition) is 3. The Morgan fingerprint density at radius 1 is 1.12 bits per heavy atom. The molecule has 2 nitrogen and oxygen atoms in total. The average molecular weight is 359 g/mol. The topological polar surface area (TPSA) is 36.7 Å². The van der Waals surface area contributed by atoms with Crippen LogP contribution < -0.4 is 0 Å². The molecule has 0 radical (unpaired) electrons. The van der Waals surface area contributed by atoms with Crippen molar-refractivity contribution in [3.63, 3.8) is 0 Å². The smallest absolute Gasteiger partial charge is 0.159 e. The van der Waals surface area contributed by atoms with Gasteiger partial charge in [-0.2, -0.15) is 5.26 Å². The van der Waals surface area contributed by atoms with Crippen LogP contribution in [0, 0.1) is 23.0 Å². The van der Waals surface area contributed by atoms with E-state index in [-0.39, 0.29) is 5.57 Å². The van der Waals surface area contributed by atoms with Gasteiger partial charge in [0.2, 0.25) is 0 Å². The summed E-state index contributed by atoms with van der Waals surface area (Å²) in [7, 11) is 0. The first-order chi connectivity index (χ1) is 11.6. The Labute approximate surface area is 146 Å². The minimum atomic E-state index is -0.956. The fraction of sp³-hybridized carbons (Fsp3) is 0. The third kappa shape index (κ3) is 3.51. The molecule has 6 heteroatoms. The van der Waals surface area contributed by atoms with Crippen LogP contribution in [0.3, 0.4) is 0 Å². The average Bonchev–Trinajstić information content (AvgIpc) is 3.06. The van der Waals surface area contributed by atoms with Gasteiger partial charge in [0, 0.05) is 16.0 Å². The van der Waals surface area contributed by atoms with Gasteiger partial charge in [0.05, 0.1) is 11.3 Å². The molecule has 0 amide bonds. The summed E-state index contributed by atoms with van der Waals surface area (Å²) in [6.07, 6.45) is 1.48. The molecule has 0 bridgehead atoms. The highest BCUT2D eigenvalue weighted by Crippen LogP contribution is 2.28. The van der Waals surface area contributed by atoms with Gasteiger partial charge in [-0.25, -0.2) is 13.8 Å². The molecule has 0 aliphatic rings. The molecule has 0 saturated carbocycles. The molecule has 0 N–H and O–H groups in total. The lowest BCUT2D eigenvalue weighted by Crippen LogP contribution is -1.86. The number of aromatic nitrogens is 1. The molecule has 3 aromatic rings. The van der Waals surface area contributed by atoms with Gasteiger partial charge in [-0.1, -0.05) is 29.8 Å². The lowest BCUT2D eigenvalue weighted by molar-refractivity contribution is 0.508. The van der Waals surface area contributed by atoms with Gasteiger partial charge in [0.1, 0.15) is 11.1 Å². The second-order valence-corrected chi connectivity index (χ2v) is 6.18. The summed E-state index contributed by atoms with van der Waals surface area (Å²) in [5.74, 6) is -1.88. The van der Waals surface area contributed by atoms with E-state index in [0.717, 1.165) is 23.4 Å². The van der Waals surface area contributed by atoms with Crippen molar-refractivity contribution in [3.8, 4) is 17.3 Å². The van der Waals surface area contributed by atoms with E-state index in [2.05, 4.69) is 4.98 Å². The van der Waals surface area contributed by atoms with Crippen LogP contribution in [0.15, 0.2) is 47.8 Å². The second-order valence-electron chi connectivity index (χ2n) is 4.89. The number of allylic oxidation sites excluding steroid dienone is 1. The van der Waals surface area contributed by atoms with Crippen molar-refractivity contribution < 1.29 is 8.78 Å². The summed E-state index contributed by atoms with van der Waals surface area (Å²) in [5, 5.41) is 12.3. The van der Waals surface area contributed by atoms with Gasteiger partial charge < -0.3 is 0 Å². The normalized spacial score (nSPS) is 11.3. The Balaban J connectivity index is 1.94. The van der Waals surface area contributed by atoms with Crippen molar-refractivity contribution in [2.45, 2.75) is 0 Å². The van der Waals surface area contributed by atoms with Crippen molar-refractivity contribution in [1.82, 2.24) is 4.98 Å². The molecule has 0 atom stereocenters. The van der Waals surface area contributed by atoms with Crippen LogP contribution >= 0.6 is 22.9 Å². The van der Waals surface area contributed by atoms with Crippen LogP contribution in [0.4, 0.5) is 8.78 Å². The molecule has 1 aromatic heterocycles. The Hall–Kier alpha value is -2.55. The minimum absolute atomic E-state index is 0.284. The van der Waals surface area contributed by atoms with E-state index in [4.69, 9.17) is 11.6 Å². The zero-order chi connectivity index (χ0) is 17.1. The molecule has 0 spiro atoms. The molecule has 0 saturated heterocycles. The molecular weight excluding hydrogens is 350 g/mol. The van der Waals surface area contributed by atoms with Crippen LogP contribution in [0.1, 0.15) is 10.6 Å². The van der Waals surface area contributed by atoms with Gasteiger partial charge >= 0.3 is 0 Å². The SMILES string of the molecule is N#C/C(=C/c1ccc(F)c(F)c1)c1nc(-c2ccc(Cl)cc2)cs1. The van der Waals surface area contributed by atoms with Gasteiger partial charge in [0.25, 0.3) is 0 Å². The van der Waals surface area contributed by atoms with Crippen LogP contribution in [0.25, 0.3) is 22.9 Å². The molecular formula is C18H9ClF2N2S. The fourth-order valence-electron chi connectivity index (χ4n) is 2.06. The van der Waals surface area contributed by atoms with Crippen molar-refractivity contribution in [2.24, 2.45) is 0 Å². The Morgan fingerprint density at radius 3 is 2.54 bits per heavy atom. The first-order valence-electron chi connectivity index (χ1n) is 6.85. The quantitative estimate of drug-likeness (QED) is 0.554. The van der Waals surface area contributed by atoms with Crippen LogP contribution in [0.2, 0.25) is 5.02 Å². The van der Waals surface area contributed by atoms with E-state index in [0.29, 0.717) is 15.6 Å². The molecule has 2 aromatic carbocycles. The van der Waals surface area contributed by atoms with E-state index in [1.54, 1.807) is 12.1 Å². The van der Waals surface area contributed by atoms with Crippen molar-refractivity contribution in [3.05, 3.63) is 75.1 Å². The Kier molecular flexibility index (Phi) is 4.70. The lowest BCUT2D eigenvalue weighted by Gasteiger charge is -1.98. The molecule has 0 aliphatic heterocycles. The molecule has 3 rings (SSSR count). The zero-order valence-corrected chi connectivity index (χ0v) is 13.7. The van der Waals surface area contributed by atoms with E-state index in [9.17, 15) is 14.0 Å². The first-order valence-corrected chi connectivity index (χ1v) is 8.11. The summed E-state index contributed by atoms with van der Waals surface area (Å²) in [6, 6.07) is 12.7. The summed E-state index contributed by atoms with van der Waals surface area (Å²) in [6.45, 7) is 0. The highest BCUT2D eigenvalue weighted by molar-refractivity contribution is 7.11. The Morgan fingerprint density at radius 2 is 1.88 bits per heavy atom. The fourth-order valence-corrected chi connectivity index (χ4v) is 2.98. The van der Waals surface area contributed by atoms with Crippen LogP contribution in [0.5, 0.6) is 0 Å². The number of benzene rings is 2. The third-order valence-corrected chi connectivity index (χ3v) is 4.38. The Bertz CT molecular complexity index is 956. The number of rotatable bonds is 3. The maximum Gasteiger partial charge on any atom is 0.159 e. The number of hydrogen-bond donors (Lipinski definition) is 0. The summed E-state index contributed by atoms with van der Waals surface area (Å²) < 4.78 is 26.3. The monoisotopic (exact) mass is 358 g/mol. The van der Waals surface area contributed by atoms with E-state index in [1.165, 1.54) is 23.5 Å². The standard InChI is InChI=1S/C18H9ClF2N2S/c19-14-4-2-12(3-5-14)17-10-24-18(23-17)13(9-22)7-11-1-6-15(20)16(21)8-11/h1-8,10H/b13-7-. The number of nitrogens with zero attached hydrogens (tertiary/aromatic N) is 2. The van der Waals surface area contributed by atoms with E-state index < -0.39 is 11.6 Å². The predicted molar refractivity (Wildman–Crippen MR) is 92.4 cm³/mol. The summed E-state index contributed by atoms with van der Waals surface area (Å²) in [4.78, 5) is 4.43. The minimum Gasteiger partial charge on any atom is -0.235 e. The maximum atomic E-state index is 13.3. The highest BCUT2D eigenvalue weighted by atomic mass is 35.5. The molecule has 24 heavy (non-hydrogen) atoms. The molecule has 0 unspecified atom stereocenters. The summed E-state index contributed by atoms with van der Waals surface area (Å²) >= 11 is 7.17. The lowest BCUT2D eigenvalue weighted by atomic mass is 10.1. The van der Waals surface area contributed by atoms with Crippen molar-refractivity contribution in [2.75, 3.05) is 0 Å². The van der Waals surface area contributed by atoms with Crippen molar-refractivity contribution in [1.29, 1.82) is 5.26 Å². The van der Waals surface area contributed by atoms with Gasteiger partial charge in [0.15, 0.2) is 11.6 Å². The van der Waals surface area contributed by atoms with Gasteiger partial charge in [-0.05, 0) is 35.9 Å². The van der Waals surface area contributed by atoms with Crippen LogP contribution in [-0.2, 0) is 0 Å². The predicted octanol–water partition coefficient (Wildman–Crippen LogP) is 5.81. The number of halogens is 3. The molecule has 0 fully saturated rings. The van der Waals surface area contributed by atoms with Gasteiger partial charge in [-0.15, -0.1) is 11.3 Å². The summed E-state index contributed by atoms with van der Waals surface area (Å²) in [5.41, 5.74) is 2.28. The maximum absolute atomic E-state index is 13.3. The van der Waals surface area contributed by atoms with Crippen LogP contribution in [-0.4, -0.2) is 4.98 Å². The molecule has 118 valence electrons. The van der Waals surface area contributed by atoms with E-state index in [1.807, 2.05) is 23.6 Å². The molecule has 0 aliphatic carbocycles. The number of nitriles is 1. The zero-order valence-electron chi connectivity index (χ0n) is 12.1. The number of thiazole rings is 1. The second kappa shape index (κ2) is 6.91. The first kappa shape index (κ1) is 16.3. The molecule has 1 heterocycles. The third-order valence-electron chi connectivity index (χ3n) is 3.25. The largest absolute Gasteiger partial charge is 0.235 e. The van der Waals surface area contributed by atoms with Crippen molar-refractivity contribution >= 4 is 34.6 Å². The highest BCUT2D eigenvalue weighted by Gasteiger charge is 2.10. The van der Waals surface area contributed by atoms with E-state index >= 15 is 0 Å².